The van der Waals surface area contributed by atoms with E-state index >= 15 is 0 Å². The number of hydrogen-bond acceptors (Lipinski definition) is 3. The van der Waals surface area contributed by atoms with Gasteiger partial charge in [-0.15, -0.1) is 0 Å². The lowest BCUT2D eigenvalue weighted by Gasteiger charge is -2.30. The Kier molecular flexibility index (Phi) is 3.09. The second kappa shape index (κ2) is 4.86. The molecule has 1 aliphatic carbocycles. The van der Waals surface area contributed by atoms with Crippen molar-refractivity contribution < 1.29 is 4.79 Å². The van der Waals surface area contributed by atoms with Crippen molar-refractivity contribution in [1.82, 2.24) is 14.8 Å². The van der Waals surface area contributed by atoms with E-state index in [1.165, 1.54) is 0 Å². The van der Waals surface area contributed by atoms with Crippen LogP contribution in [0.5, 0.6) is 0 Å². The number of H-pyrrole nitrogens is 1. The molecule has 0 saturated heterocycles. The first-order valence-electron chi connectivity index (χ1n) is 7.94. The molecule has 5 nitrogen and oxygen atoms in total. The lowest BCUT2D eigenvalue weighted by molar-refractivity contribution is 0.0910. The van der Waals surface area contributed by atoms with Gasteiger partial charge < -0.3 is 10.3 Å². The molecule has 0 spiro atoms. The number of nitrogens with zero attached hydrogens (tertiary/aromatic N) is 2. The van der Waals surface area contributed by atoms with E-state index in [0.717, 1.165) is 39.8 Å². The number of halogens is 1. The molecule has 0 amide bonds. The van der Waals surface area contributed by atoms with Crippen LogP contribution >= 0.6 is 11.6 Å². The number of carbonyl (C=O) groups is 1. The van der Waals surface area contributed by atoms with Crippen LogP contribution in [0.15, 0.2) is 18.3 Å². The Labute approximate surface area is 144 Å². The van der Waals surface area contributed by atoms with E-state index < -0.39 is 0 Å². The molecule has 3 aromatic rings. The second-order valence-electron chi connectivity index (χ2n) is 7.40. The zero-order valence-corrected chi connectivity index (χ0v) is 14.7. The molecule has 0 radical (unpaired) electrons. The topological polar surface area (TPSA) is 76.7 Å². The molecule has 0 unspecified atom stereocenters. The first-order valence-corrected chi connectivity index (χ1v) is 8.32. The zero-order valence-electron chi connectivity index (χ0n) is 13.9. The van der Waals surface area contributed by atoms with Crippen molar-refractivity contribution in [3.63, 3.8) is 0 Å². The van der Waals surface area contributed by atoms with Gasteiger partial charge in [-0.25, -0.2) is 0 Å². The summed E-state index contributed by atoms with van der Waals surface area (Å²) in [5, 5.41) is 8.34. The minimum atomic E-state index is -0.0539. The van der Waals surface area contributed by atoms with E-state index in [-0.39, 0.29) is 11.2 Å². The number of fused-ring (bicyclic) bond motifs is 2. The molecule has 0 atom stereocenters. The van der Waals surface area contributed by atoms with Crippen LogP contribution in [0.3, 0.4) is 0 Å². The summed E-state index contributed by atoms with van der Waals surface area (Å²) in [5.74, 6) is 0.640. The fourth-order valence-electron chi connectivity index (χ4n) is 3.72. The molecule has 2 aromatic heterocycles. The third-order valence-electron chi connectivity index (χ3n) is 4.78. The summed E-state index contributed by atoms with van der Waals surface area (Å²) >= 11 is 6.52. The number of aryl methyl sites for hydroxylation is 1. The molecule has 0 bridgehead atoms. The maximum Gasteiger partial charge on any atom is 0.165 e. The summed E-state index contributed by atoms with van der Waals surface area (Å²) in [7, 11) is 0. The Hall–Kier alpha value is -2.27. The first kappa shape index (κ1) is 15.3. The number of ketones is 1. The number of aromatic nitrogens is 3. The number of aromatic amines is 1. The van der Waals surface area contributed by atoms with Gasteiger partial charge in [-0.3, -0.25) is 9.89 Å². The average Bonchev–Trinajstić information content (AvgIpc) is 2.98. The van der Waals surface area contributed by atoms with Gasteiger partial charge in [0.1, 0.15) is 0 Å². The SMILES string of the molecule is Cc1cn(-c2cc3[nH]nc(N)c3cc2Cl)c2c1C(=O)CC(C)(C)C2. The highest BCUT2D eigenvalue weighted by Crippen LogP contribution is 2.39. The van der Waals surface area contributed by atoms with E-state index in [0.29, 0.717) is 17.3 Å². The van der Waals surface area contributed by atoms with Gasteiger partial charge in [0.15, 0.2) is 11.6 Å². The molecule has 6 heteroatoms. The molecule has 4 rings (SSSR count). The Morgan fingerprint density at radius 2 is 2.08 bits per heavy atom. The minimum absolute atomic E-state index is 0.0539. The summed E-state index contributed by atoms with van der Waals surface area (Å²) in [4.78, 5) is 12.6. The van der Waals surface area contributed by atoms with Crippen LogP contribution in [-0.4, -0.2) is 20.5 Å². The second-order valence-corrected chi connectivity index (χ2v) is 7.81. The van der Waals surface area contributed by atoms with Gasteiger partial charge in [0.2, 0.25) is 0 Å². The van der Waals surface area contributed by atoms with E-state index in [1.807, 2.05) is 29.8 Å². The van der Waals surface area contributed by atoms with Gasteiger partial charge in [0, 0.05) is 29.3 Å². The Morgan fingerprint density at radius 1 is 1.33 bits per heavy atom. The Morgan fingerprint density at radius 3 is 2.83 bits per heavy atom. The van der Waals surface area contributed by atoms with Crippen molar-refractivity contribution in [3.8, 4) is 5.69 Å². The van der Waals surface area contributed by atoms with Crippen molar-refractivity contribution in [3.05, 3.63) is 40.2 Å². The highest BCUT2D eigenvalue weighted by Gasteiger charge is 2.35. The van der Waals surface area contributed by atoms with Crippen LogP contribution in [-0.2, 0) is 6.42 Å². The smallest absolute Gasteiger partial charge is 0.165 e. The molecule has 0 fully saturated rings. The van der Waals surface area contributed by atoms with Crippen molar-refractivity contribution in [1.29, 1.82) is 0 Å². The number of nitrogens with one attached hydrogen (secondary N) is 1. The molecular formula is C18H19ClN4O. The minimum Gasteiger partial charge on any atom is -0.382 e. The molecule has 24 heavy (non-hydrogen) atoms. The van der Waals surface area contributed by atoms with Gasteiger partial charge >= 0.3 is 0 Å². The number of anilines is 1. The lowest BCUT2D eigenvalue weighted by Crippen LogP contribution is -2.28. The summed E-state index contributed by atoms with van der Waals surface area (Å²) in [6.45, 7) is 6.23. The first-order chi connectivity index (χ1) is 11.3. The van der Waals surface area contributed by atoms with Gasteiger partial charge in [-0.2, -0.15) is 5.10 Å². The number of Topliss-reactive ketones (excluding diaryl/α,β-unsaturated/α-hetero) is 1. The quantitative estimate of drug-likeness (QED) is 0.700. The fourth-order valence-corrected chi connectivity index (χ4v) is 3.98. The monoisotopic (exact) mass is 342 g/mol. The molecule has 1 aliphatic rings. The summed E-state index contributed by atoms with van der Waals surface area (Å²) in [5.41, 5.74) is 10.3. The summed E-state index contributed by atoms with van der Waals surface area (Å²) in [6, 6.07) is 3.76. The average molecular weight is 343 g/mol. The van der Waals surface area contributed by atoms with E-state index in [9.17, 15) is 4.79 Å². The van der Waals surface area contributed by atoms with Gasteiger partial charge in [-0.05, 0) is 36.5 Å². The van der Waals surface area contributed by atoms with Crippen LogP contribution in [0.4, 0.5) is 5.82 Å². The lowest BCUT2D eigenvalue weighted by atomic mass is 9.75. The normalized spacial score (nSPS) is 16.6. The van der Waals surface area contributed by atoms with Crippen molar-refractivity contribution in [2.75, 3.05) is 5.73 Å². The zero-order chi connectivity index (χ0) is 17.2. The van der Waals surface area contributed by atoms with Crippen molar-refractivity contribution >= 4 is 34.1 Å². The molecule has 124 valence electrons. The van der Waals surface area contributed by atoms with Crippen LogP contribution in [0.25, 0.3) is 16.6 Å². The number of rotatable bonds is 1. The number of carbonyl (C=O) groups excluding carboxylic acids is 1. The van der Waals surface area contributed by atoms with E-state index in [4.69, 9.17) is 17.3 Å². The predicted octanol–water partition coefficient (Wildman–Crippen LogP) is 4.05. The van der Waals surface area contributed by atoms with E-state index in [1.54, 1.807) is 0 Å². The van der Waals surface area contributed by atoms with Crippen molar-refractivity contribution in [2.24, 2.45) is 5.41 Å². The van der Waals surface area contributed by atoms with Gasteiger partial charge in [-0.1, -0.05) is 25.4 Å². The summed E-state index contributed by atoms with van der Waals surface area (Å²) < 4.78 is 2.04. The maximum absolute atomic E-state index is 12.6. The Balaban J connectivity index is 1.97. The standard InChI is InChI=1S/C18H19ClN4O/c1-9-8-23(14-6-18(2,3)7-15(24)16(9)14)13-5-12-10(4-11(13)19)17(20)22-21-12/h4-5,8H,6-7H2,1-3H3,(H3,20,21,22). The molecule has 2 heterocycles. The largest absolute Gasteiger partial charge is 0.382 e. The highest BCUT2D eigenvalue weighted by molar-refractivity contribution is 6.33. The van der Waals surface area contributed by atoms with Crippen LogP contribution < -0.4 is 5.73 Å². The third kappa shape index (κ3) is 2.15. The number of hydrogen-bond donors (Lipinski definition) is 2. The molecule has 1 aromatic carbocycles. The fraction of sp³-hybridized carbons (Fsp3) is 0.333. The molecular weight excluding hydrogens is 324 g/mol. The van der Waals surface area contributed by atoms with Crippen LogP contribution in [0, 0.1) is 12.3 Å². The summed E-state index contributed by atoms with van der Waals surface area (Å²) in [6.07, 6.45) is 3.41. The Bertz CT molecular complexity index is 996. The van der Waals surface area contributed by atoms with Crippen molar-refractivity contribution in [2.45, 2.75) is 33.6 Å². The van der Waals surface area contributed by atoms with Gasteiger partial charge in [0.25, 0.3) is 0 Å². The maximum atomic E-state index is 12.6. The van der Waals surface area contributed by atoms with E-state index in [2.05, 4.69) is 24.0 Å². The predicted molar refractivity (Wildman–Crippen MR) is 96.0 cm³/mol. The third-order valence-corrected chi connectivity index (χ3v) is 5.08. The number of benzene rings is 1. The molecule has 0 saturated carbocycles. The van der Waals surface area contributed by atoms with Gasteiger partial charge in [0.05, 0.1) is 16.2 Å². The number of nitrogens with two attached hydrogens (primary N) is 1. The van der Waals surface area contributed by atoms with Crippen LogP contribution in [0.1, 0.15) is 41.9 Å². The molecule has 3 N–H and O–H groups in total. The van der Waals surface area contributed by atoms with Crippen LogP contribution in [0.2, 0.25) is 5.02 Å². The highest BCUT2D eigenvalue weighted by atomic mass is 35.5. The number of nitrogen functional groups attached to an aromatic ring is 1. The molecule has 0 aliphatic heterocycles.